The Morgan fingerprint density at radius 3 is 2.71 bits per heavy atom. The summed E-state index contributed by atoms with van der Waals surface area (Å²) in [4.78, 5) is 4.28. The Balaban J connectivity index is 1.82. The maximum absolute atomic E-state index is 13.2. The first-order valence-corrected chi connectivity index (χ1v) is 7.84. The largest absolute Gasteiger partial charge is 0.324 e. The number of nitrogens with one attached hydrogen (secondary N) is 1. The molecule has 0 aliphatic carbocycles. The monoisotopic (exact) mass is 324 g/mol. The van der Waals surface area contributed by atoms with Crippen molar-refractivity contribution in [2.75, 3.05) is 5.32 Å². The Hall–Kier alpha value is -2.96. The average Bonchev–Trinajstić information content (AvgIpc) is 3.21. The molecule has 3 heterocycles. The minimum atomic E-state index is -0.255. The highest BCUT2D eigenvalue weighted by molar-refractivity contribution is 5.77. The number of nitrogens with zero attached hydrogens (tertiary/aromatic N) is 5. The van der Waals surface area contributed by atoms with E-state index < -0.39 is 0 Å². The second-order valence-corrected chi connectivity index (χ2v) is 5.69. The van der Waals surface area contributed by atoms with Gasteiger partial charge >= 0.3 is 0 Å². The molecule has 4 rings (SSSR count). The van der Waals surface area contributed by atoms with Crippen LogP contribution in [0.3, 0.4) is 0 Å². The molecule has 0 fully saturated rings. The summed E-state index contributed by atoms with van der Waals surface area (Å²) in [5.74, 6) is 0.403. The van der Waals surface area contributed by atoms with Gasteiger partial charge < -0.3 is 5.32 Å². The molecular formula is C17H17FN6. The van der Waals surface area contributed by atoms with Crippen molar-refractivity contribution >= 4 is 11.6 Å². The van der Waals surface area contributed by atoms with Crippen LogP contribution in [0.5, 0.6) is 0 Å². The molecule has 24 heavy (non-hydrogen) atoms. The number of halogens is 1. The molecule has 0 saturated carbocycles. The van der Waals surface area contributed by atoms with Crippen LogP contribution in [-0.4, -0.2) is 24.5 Å². The quantitative estimate of drug-likeness (QED) is 0.804. The van der Waals surface area contributed by atoms with E-state index in [1.807, 2.05) is 15.6 Å². The molecule has 0 unspecified atom stereocenters. The molecule has 0 spiro atoms. The van der Waals surface area contributed by atoms with Crippen molar-refractivity contribution in [3.63, 3.8) is 0 Å². The number of hydrogen-bond acceptors (Lipinski definition) is 4. The third-order valence-electron chi connectivity index (χ3n) is 4.32. The van der Waals surface area contributed by atoms with E-state index in [0.717, 1.165) is 29.1 Å². The van der Waals surface area contributed by atoms with Crippen molar-refractivity contribution in [1.29, 1.82) is 0 Å². The van der Waals surface area contributed by atoms with E-state index in [1.54, 1.807) is 12.1 Å². The molecule has 0 amide bonds. The van der Waals surface area contributed by atoms with Crippen LogP contribution in [-0.2, 0) is 6.54 Å². The summed E-state index contributed by atoms with van der Waals surface area (Å²) in [7, 11) is 0. The first-order valence-electron chi connectivity index (χ1n) is 7.84. The number of aryl methyl sites for hydroxylation is 1. The predicted molar refractivity (Wildman–Crippen MR) is 88.8 cm³/mol. The van der Waals surface area contributed by atoms with E-state index in [1.165, 1.54) is 18.5 Å². The number of rotatable bonds is 3. The average molecular weight is 324 g/mol. The number of aromatic nitrogens is 5. The van der Waals surface area contributed by atoms with Crippen molar-refractivity contribution in [3.05, 3.63) is 65.5 Å². The van der Waals surface area contributed by atoms with Crippen LogP contribution in [0.2, 0.25) is 0 Å². The molecule has 122 valence electrons. The van der Waals surface area contributed by atoms with Gasteiger partial charge in [-0.3, -0.25) is 4.68 Å². The van der Waals surface area contributed by atoms with Crippen LogP contribution in [0.15, 0.2) is 42.9 Å². The molecule has 1 aromatic carbocycles. The topological polar surface area (TPSA) is 60.6 Å². The Morgan fingerprint density at radius 1 is 1.21 bits per heavy atom. The van der Waals surface area contributed by atoms with Gasteiger partial charge in [-0.1, -0.05) is 0 Å². The van der Waals surface area contributed by atoms with Crippen LogP contribution in [0.1, 0.15) is 29.8 Å². The first-order chi connectivity index (χ1) is 11.7. The van der Waals surface area contributed by atoms with E-state index in [-0.39, 0.29) is 11.9 Å². The van der Waals surface area contributed by atoms with Crippen LogP contribution in [0.25, 0.3) is 5.70 Å². The van der Waals surface area contributed by atoms with Crippen molar-refractivity contribution in [3.8, 4) is 0 Å². The Kier molecular flexibility index (Phi) is 3.41. The van der Waals surface area contributed by atoms with Crippen LogP contribution in [0, 0.1) is 12.7 Å². The fourth-order valence-electron chi connectivity index (χ4n) is 3.02. The summed E-state index contributed by atoms with van der Waals surface area (Å²) in [6.07, 6.45) is 5.47. The molecule has 1 aliphatic rings. The van der Waals surface area contributed by atoms with Gasteiger partial charge in [-0.15, -0.1) is 0 Å². The molecular weight excluding hydrogens is 307 g/mol. The van der Waals surface area contributed by atoms with Crippen LogP contribution >= 0.6 is 0 Å². The van der Waals surface area contributed by atoms with Gasteiger partial charge in [0, 0.05) is 23.5 Å². The zero-order valence-electron chi connectivity index (χ0n) is 13.4. The smallest absolute Gasteiger partial charge is 0.226 e. The highest BCUT2D eigenvalue weighted by atomic mass is 19.1. The molecule has 0 saturated heterocycles. The van der Waals surface area contributed by atoms with Gasteiger partial charge in [-0.05, 0) is 49.8 Å². The second-order valence-electron chi connectivity index (χ2n) is 5.69. The molecule has 0 bridgehead atoms. The van der Waals surface area contributed by atoms with Gasteiger partial charge in [0.15, 0.2) is 0 Å². The summed E-state index contributed by atoms with van der Waals surface area (Å²) in [6.45, 7) is 4.93. The highest BCUT2D eigenvalue weighted by Crippen LogP contribution is 2.33. The van der Waals surface area contributed by atoms with Gasteiger partial charge in [-0.25, -0.2) is 9.07 Å². The van der Waals surface area contributed by atoms with E-state index in [0.29, 0.717) is 5.95 Å². The van der Waals surface area contributed by atoms with E-state index in [4.69, 9.17) is 0 Å². The zero-order valence-corrected chi connectivity index (χ0v) is 13.4. The summed E-state index contributed by atoms with van der Waals surface area (Å²) in [5, 5.41) is 12.0. The van der Waals surface area contributed by atoms with Crippen molar-refractivity contribution in [1.82, 2.24) is 24.5 Å². The lowest BCUT2D eigenvalue weighted by Crippen LogP contribution is -2.20. The van der Waals surface area contributed by atoms with Crippen molar-refractivity contribution in [2.24, 2.45) is 0 Å². The second kappa shape index (κ2) is 5.59. The summed E-state index contributed by atoms with van der Waals surface area (Å²) in [5.41, 5.74) is 3.95. The van der Waals surface area contributed by atoms with E-state index in [9.17, 15) is 4.39 Å². The Labute approximate surface area is 138 Å². The van der Waals surface area contributed by atoms with Crippen molar-refractivity contribution in [2.45, 2.75) is 26.4 Å². The van der Waals surface area contributed by atoms with Crippen LogP contribution < -0.4 is 5.32 Å². The number of allylic oxidation sites excluding steroid dienone is 1. The first kappa shape index (κ1) is 14.6. The van der Waals surface area contributed by atoms with Gasteiger partial charge in [0.2, 0.25) is 5.95 Å². The summed E-state index contributed by atoms with van der Waals surface area (Å²) < 4.78 is 17.0. The van der Waals surface area contributed by atoms with Gasteiger partial charge in [0.25, 0.3) is 0 Å². The molecule has 2 aromatic heterocycles. The fourth-order valence-corrected chi connectivity index (χ4v) is 3.02. The standard InChI is InChI=1S/C17H17FN6/c1-3-23-11(2)14(9-20-23)16-8-15(12-4-6-13(18)7-5-12)22-17-19-10-21-24(16)17/h4-10,16H,3H2,1-2H3,(H,19,21,22)/t16-/m1/s1. The molecule has 3 aromatic rings. The lowest BCUT2D eigenvalue weighted by molar-refractivity contribution is 0.600. The number of benzene rings is 1. The normalized spacial score (nSPS) is 16.5. The zero-order chi connectivity index (χ0) is 16.7. The Morgan fingerprint density at radius 2 is 2.00 bits per heavy atom. The summed E-state index contributed by atoms with van der Waals surface area (Å²) >= 11 is 0. The maximum atomic E-state index is 13.2. The maximum Gasteiger partial charge on any atom is 0.226 e. The third-order valence-corrected chi connectivity index (χ3v) is 4.32. The molecule has 7 heteroatoms. The predicted octanol–water partition coefficient (Wildman–Crippen LogP) is 3.00. The lowest BCUT2D eigenvalue weighted by Gasteiger charge is -2.24. The molecule has 6 nitrogen and oxygen atoms in total. The molecule has 1 atom stereocenters. The van der Waals surface area contributed by atoms with Gasteiger partial charge in [-0.2, -0.15) is 15.2 Å². The number of anilines is 1. The molecule has 1 aliphatic heterocycles. The minimum Gasteiger partial charge on any atom is -0.324 e. The minimum absolute atomic E-state index is 0.107. The molecule has 0 radical (unpaired) electrons. The fraction of sp³-hybridized carbons (Fsp3) is 0.235. The Bertz CT molecular complexity index is 906. The van der Waals surface area contributed by atoms with E-state index >= 15 is 0 Å². The highest BCUT2D eigenvalue weighted by Gasteiger charge is 2.26. The van der Waals surface area contributed by atoms with Gasteiger partial charge in [0.1, 0.15) is 18.2 Å². The number of hydrogen-bond donors (Lipinski definition) is 1. The van der Waals surface area contributed by atoms with E-state index in [2.05, 4.69) is 40.4 Å². The van der Waals surface area contributed by atoms with Crippen LogP contribution in [0.4, 0.5) is 10.3 Å². The van der Waals surface area contributed by atoms with Crippen molar-refractivity contribution < 1.29 is 4.39 Å². The SMILES string of the molecule is CCn1ncc([C@H]2C=C(c3ccc(F)cc3)Nc3ncnn32)c1C. The third kappa shape index (κ3) is 2.29. The molecule has 1 N–H and O–H groups in total. The summed E-state index contributed by atoms with van der Waals surface area (Å²) in [6, 6.07) is 6.29. The van der Waals surface area contributed by atoms with Gasteiger partial charge in [0.05, 0.1) is 6.20 Å². The lowest BCUT2D eigenvalue weighted by atomic mass is 10.0. The number of fused-ring (bicyclic) bond motifs is 1.